The van der Waals surface area contributed by atoms with Gasteiger partial charge in [0, 0.05) is 11.6 Å². The minimum absolute atomic E-state index is 0.0403. The minimum atomic E-state index is -0.534. The van der Waals surface area contributed by atoms with Crippen LogP contribution in [0.25, 0.3) is 10.9 Å². The highest BCUT2D eigenvalue weighted by atomic mass is 16.3. The Hall–Kier alpha value is -1.61. The van der Waals surface area contributed by atoms with Gasteiger partial charge in [0.1, 0.15) is 0 Å². The van der Waals surface area contributed by atoms with Gasteiger partial charge >= 0.3 is 0 Å². The van der Waals surface area contributed by atoms with E-state index in [1.54, 1.807) is 16.7 Å². The molecule has 0 spiro atoms. The molecule has 1 aromatic carbocycles. The van der Waals surface area contributed by atoms with E-state index in [-0.39, 0.29) is 5.56 Å². The lowest BCUT2D eigenvalue weighted by Gasteiger charge is -2.01. The number of aliphatic hydroxyl groups is 1. The van der Waals surface area contributed by atoms with Crippen LogP contribution < -0.4 is 5.56 Å². The Morgan fingerprint density at radius 2 is 2.14 bits per heavy atom. The lowest BCUT2D eigenvalue weighted by Crippen LogP contribution is -2.17. The zero-order valence-electron chi connectivity index (χ0n) is 7.47. The van der Waals surface area contributed by atoms with Crippen LogP contribution in [0.15, 0.2) is 35.1 Å². The van der Waals surface area contributed by atoms with E-state index < -0.39 is 6.10 Å². The lowest BCUT2D eigenvalue weighted by atomic mass is 10.1. The number of pyridine rings is 1. The standard InChI is InChI=1S/C11H9NO2/c13-9-6-12-10(14)5-4-7-2-1-3-8(9)11(7)12/h1-5,9,13H,6H2. The zero-order chi connectivity index (χ0) is 9.71. The summed E-state index contributed by atoms with van der Waals surface area (Å²) in [6.07, 6.45) is -0.534. The Morgan fingerprint density at radius 1 is 1.29 bits per heavy atom. The molecule has 2 heterocycles. The van der Waals surface area contributed by atoms with Gasteiger partial charge in [-0.1, -0.05) is 18.2 Å². The first kappa shape index (κ1) is 7.76. The summed E-state index contributed by atoms with van der Waals surface area (Å²) in [4.78, 5) is 11.5. The number of aromatic nitrogens is 1. The maximum atomic E-state index is 11.5. The van der Waals surface area contributed by atoms with Crippen molar-refractivity contribution in [1.29, 1.82) is 0 Å². The van der Waals surface area contributed by atoms with Crippen molar-refractivity contribution in [2.24, 2.45) is 0 Å². The van der Waals surface area contributed by atoms with Gasteiger partial charge in [-0.05, 0) is 11.5 Å². The molecule has 3 rings (SSSR count). The molecule has 0 fully saturated rings. The van der Waals surface area contributed by atoms with Gasteiger partial charge < -0.3 is 9.67 Å². The van der Waals surface area contributed by atoms with Gasteiger partial charge in [0.25, 0.3) is 5.56 Å². The van der Waals surface area contributed by atoms with Crippen molar-refractivity contribution in [1.82, 2.24) is 4.57 Å². The Morgan fingerprint density at radius 3 is 3.00 bits per heavy atom. The molecule has 0 bridgehead atoms. The molecule has 1 aliphatic heterocycles. The third-order valence-corrected chi connectivity index (χ3v) is 2.75. The Kier molecular flexibility index (Phi) is 1.36. The quantitative estimate of drug-likeness (QED) is 0.669. The van der Waals surface area contributed by atoms with Gasteiger partial charge in [-0.2, -0.15) is 0 Å². The van der Waals surface area contributed by atoms with E-state index in [9.17, 15) is 9.90 Å². The van der Waals surface area contributed by atoms with Crippen molar-refractivity contribution in [3.63, 3.8) is 0 Å². The summed E-state index contributed by atoms with van der Waals surface area (Å²) in [5, 5.41) is 10.7. The number of para-hydroxylation sites is 1. The summed E-state index contributed by atoms with van der Waals surface area (Å²) in [7, 11) is 0. The minimum Gasteiger partial charge on any atom is -0.386 e. The van der Waals surface area contributed by atoms with Crippen molar-refractivity contribution in [3.05, 3.63) is 46.2 Å². The first-order valence-electron chi connectivity index (χ1n) is 4.58. The fraction of sp³-hybridized carbons (Fsp3) is 0.182. The topological polar surface area (TPSA) is 42.2 Å². The number of rotatable bonds is 0. The number of hydrogen-bond acceptors (Lipinski definition) is 2. The van der Waals surface area contributed by atoms with Crippen LogP contribution in [-0.2, 0) is 6.54 Å². The largest absolute Gasteiger partial charge is 0.386 e. The fourth-order valence-corrected chi connectivity index (χ4v) is 2.11. The second-order valence-corrected chi connectivity index (χ2v) is 3.58. The molecule has 0 saturated carbocycles. The molecule has 0 saturated heterocycles. The lowest BCUT2D eigenvalue weighted by molar-refractivity contribution is 0.168. The van der Waals surface area contributed by atoms with Gasteiger partial charge in [0.15, 0.2) is 0 Å². The van der Waals surface area contributed by atoms with E-state index in [1.165, 1.54) is 0 Å². The molecule has 1 N–H and O–H groups in total. The van der Waals surface area contributed by atoms with Crippen LogP contribution in [0.2, 0.25) is 0 Å². The molecule has 1 aliphatic rings. The van der Waals surface area contributed by atoms with Gasteiger partial charge in [-0.25, -0.2) is 0 Å². The molecule has 14 heavy (non-hydrogen) atoms. The van der Waals surface area contributed by atoms with E-state index in [1.807, 2.05) is 18.2 Å². The predicted octanol–water partition coefficient (Wildman–Crippen LogP) is 1.05. The third kappa shape index (κ3) is 0.822. The van der Waals surface area contributed by atoms with E-state index in [4.69, 9.17) is 0 Å². The fourth-order valence-electron chi connectivity index (χ4n) is 2.11. The summed E-state index contributed by atoms with van der Waals surface area (Å²) in [5.74, 6) is 0. The molecule has 0 radical (unpaired) electrons. The molecule has 1 aromatic heterocycles. The van der Waals surface area contributed by atoms with Crippen molar-refractivity contribution in [3.8, 4) is 0 Å². The highest BCUT2D eigenvalue weighted by Crippen LogP contribution is 2.29. The van der Waals surface area contributed by atoms with Crippen molar-refractivity contribution >= 4 is 10.9 Å². The molecule has 70 valence electrons. The van der Waals surface area contributed by atoms with Crippen LogP contribution in [0.5, 0.6) is 0 Å². The second-order valence-electron chi connectivity index (χ2n) is 3.58. The van der Waals surface area contributed by atoms with E-state index in [0.29, 0.717) is 6.54 Å². The summed E-state index contributed by atoms with van der Waals surface area (Å²) < 4.78 is 1.63. The second kappa shape index (κ2) is 2.45. The first-order valence-corrected chi connectivity index (χ1v) is 4.58. The summed E-state index contributed by atoms with van der Waals surface area (Å²) >= 11 is 0. The summed E-state index contributed by atoms with van der Waals surface area (Å²) in [6.45, 7) is 0.384. The van der Waals surface area contributed by atoms with Crippen molar-refractivity contribution in [2.75, 3.05) is 0 Å². The van der Waals surface area contributed by atoms with Crippen LogP contribution >= 0.6 is 0 Å². The summed E-state index contributed by atoms with van der Waals surface area (Å²) in [6, 6.07) is 9.07. The monoisotopic (exact) mass is 187 g/mol. The zero-order valence-corrected chi connectivity index (χ0v) is 7.47. The van der Waals surface area contributed by atoms with Crippen LogP contribution in [0, 0.1) is 0 Å². The Labute approximate surface area is 80.2 Å². The number of hydrogen-bond donors (Lipinski definition) is 1. The van der Waals surface area contributed by atoms with Gasteiger partial charge in [0.05, 0.1) is 18.2 Å². The summed E-state index contributed by atoms with van der Waals surface area (Å²) in [5.41, 5.74) is 1.70. The van der Waals surface area contributed by atoms with E-state index in [2.05, 4.69) is 0 Å². The number of aliphatic hydroxyl groups excluding tert-OH is 1. The Bertz CT molecular complexity index is 571. The smallest absolute Gasteiger partial charge is 0.251 e. The SMILES string of the molecule is O=c1ccc2cccc3c2n1CC3O. The number of nitrogens with zero attached hydrogens (tertiary/aromatic N) is 1. The average molecular weight is 187 g/mol. The Balaban J connectivity index is 2.58. The third-order valence-electron chi connectivity index (χ3n) is 2.75. The molecular weight excluding hydrogens is 178 g/mol. The highest BCUT2D eigenvalue weighted by molar-refractivity contribution is 5.83. The maximum Gasteiger partial charge on any atom is 0.251 e. The van der Waals surface area contributed by atoms with Crippen LogP contribution in [0.1, 0.15) is 11.7 Å². The van der Waals surface area contributed by atoms with Gasteiger partial charge in [0.2, 0.25) is 0 Å². The van der Waals surface area contributed by atoms with Gasteiger partial charge in [-0.15, -0.1) is 0 Å². The van der Waals surface area contributed by atoms with Crippen LogP contribution in [-0.4, -0.2) is 9.67 Å². The normalized spacial score (nSPS) is 19.1. The number of benzene rings is 1. The molecular formula is C11H9NO2. The van der Waals surface area contributed by atoms with E-state index in [0.717, 1.165) is 16.5 Å². The van der Waals surface area contributed by atoms with Crippen molar-refractivity contribution in [2.45, 2.75) is 12.6 Å². The first-order chi connectivity index (χ1) is 6.77. The average Bonchev–Trinajstić information content (AvgIpc) is 2.53. The van der Waals surface area contributed by atoms with Crippen LogP contribution in [0.3, 0.4) is 0 Å². The molecule has 3 heteroatoms. The molecule has 1 atom stereocenters. The van der Waals surface area contributed by atoms with Crippen LogP contribution in [0.4, 0.5) is 0 Å². The molecule has 3 nitrogen and oxygen atoms in total. The molecule has 0 aliphatic carbocycles. The molecule has 0 amide bonds. The van der Waals surface area contributed by atoms with Crippen molar-refractivity contribution < 1.29 is 5.11 Å². The van der Waals surface area contributed by atoms with E-state index >= 15 is 0 Å². The molecule has 1 unspecified atom stereocenters. The maximum absolute atomic E-state index is 11.5. The molecule has 2 aromatic rings. The highest BCUT2D eigenvalue weighted by Gasteiger charge is 2.22. The van der Waals surface area contributed by atoms with Gasteiger partial charge in [-0.3, -0.25) is 4.79 Å². The predicted molar refractivity (Wildman–Crippen MR) is 53.2 cm³/mol.